The van der Waals surface area contributed by atoms with E-state index in [1.165, 1.54) is 18.5 Å². The average molecular weight is 342 g/mol. The van der Waals surface area contributed by atoms with Gasteiger partial charge in [-0.15, -0.1) is 0 Å². The zero-order valence-corrected chi connectivity index (χ0v) is 14.3. The third kappa shape index (κ3) is 4.04. The zero-order chi connectivity index (χ0) is 17.8. The van der Waals surface area contributed by atoms with Crippen LogP contribution in [0.5, 0.6) is 0 Å². The molecule has 0 bridgehead atoms. The van der Waals surface area contributed by atoms with E-state index in [1.54, 1.807) is 10.6 Å². The summed E-state index contributed by atoms with van der Waals surface area (Å²) in [7, 11) is 0. The molecule has 1 N–H and O–H groups in total. The van der Waals surface area contributed by atoms with Crippen LogP contribution < -0.4 is 11.1 Å². The Hall–Kier alpha value is -2.70. The topological polar surface area (TPSA) is 88.1 Å². The number of likely N-dealkylation sites (tertiary alicyclic amines) is 1. The van der Waals surface area contributed by atoms with E-state index in [0.717, 1.165) is 24.2 Å². The Labute approximate surface area is 145 Å². The van der Waals surface area contributed by atoms with E-state index in [2.05, 4.69) is 9.97 Å². The molecule has 0 aromatic carbocycles. The highest BCUT2D eigenvalue weighted by molar-refractivity contribution is 5.76. The first-order valence-corrected chi connectivity index (χ1v) is 8.53. The number of nitrogens with one attached hydrogen (secondary N) is 1. The Kier molecular flexibility index (Phi) is 5.11. The molecule has 7 heteroatoms. The largest absolute Gasteiger partial charge is 0.342 e. The van der Waals surface area contributed by atoms with Crippen molar-refractivity contribution in [2.75, 3.05) is 13.1 Å². The van der Waals surface area contributed by atoms with Gasteiger partial charge in [0.2, 0.25) is 5.91 Å². The van der Waals surface area contributed by atoms with Crippen LogP contribution >= 0.6 is 0 Å². The Morgan fingerprint density at radius 1 is 1.36 bits per heavy atom. The number of hydrogen-bond acceptors (Lipinski definition) is 4. The van der Waals surface area contributed by atoms with Gasteiger partial charge in [-0.25, -0.2) is 4.98 Å². The molecule has 3 rings (SSSR count). The first-order chi connectivity index (χ1) is 12.0. The number of hydrogen-bond donors (Lipinski definition) is 1. The summed E-state index contributed by atoms with van der Waals surface area (Å²) in [4.78, 5) is 44.5. The molecule has 1 saturated heterocycles. The maximum Gasteiger partial charge on any atom is 0.250 e. The Balaban J connectivity index is 1.64. The minimum absolute atomic E-state index is 0.0321. The lowest BCUT2D eigenvalue weighted by Crippen LogP contribution is -2.40. The summed E-state index contributed by atoms with van der Waals surface area (Å²) in [6.45, 7) is 3.52. The Bertz CT molecular complexity index is 871. The molecule has 0 aliphatic carbocycles. The monoisotopic (exact) mass is 342 g/mol. The van der Waals surface area contributed by atoms with E-state index in [-0.39, 0.29) is 22.9 Å². The summed E-state index contributed by atoms with van der Waals surface area (Å²) in [6, 6.07) is 6.60. The first kappa shape index (κ1) is 17.1. The van der Waals surface area contributed by atoms with Gasteiger partial charge in [-0.05, 0) is 25.8 Å². The summed E-state index contributed by atoms with van der Waals surface area (Å²) >= 11 is 0. The molecular formula is C18H22N4O3. The van der Waals surface area contributed by atoms with E-state index < -0.39 is 0 Å². The smallest absolute Gasteiger partial charge is 0.250 e. The van der Waals surface area contributed by atoms with Crippen molar-refractivity contribution < 1.29 is 4.79 Å². The fraction of sp³-hybridized carbons (Fsp3) is 0.444. The predicted octanol–water partition coefficient (Wildman–Crippen LogP) is 1.04. The van der Waals surface area contributed by atoms with Crippen molar-refractivity contribution in [2.24, 2.45) is 0 Å². The molecule has 2 aromatic rings. The molecule has 1 aliphatic heterocycles. The van der Waals surface area contributed by atoms with Crippen LogP contribution in [0.15, 0.2) is 40.2 Å². The lowest BCUT2D eigenvalue weighted by atomic mass is 9.94. The standard InChI is InChI=1S/C18H22N4O3/c1-13-4-2-6-18(25)22(13)9-7-17(24)21-8-3-5-14(11-21)15-10-16(23)20-12-19-15/h2,4,6,10,12,14H,3,5,7-9,11H2,1H3,(H,19,20,23). The van der Waals surface area contributed by atoms with Crippen LogP contribution in [0.1, 0.15) is 36.6 Å². The van der Waals surface area contributed by atoms with Gasteiger partial charge in [-0.1, -0.05) is 6.07 Å². The number of piperidine rings is 1. The van der Waals surface area contributed by atoms with Crippen LogP contribution in [0.2, 0.25) is 0 Å². The number of nitrogens with zero attached hydrogens (tertiary/aromatic N) is 3. The molecular weight excluding hydrogens is 320 g/mol. The molecule has 1 amide bonds. The fourth-order valence-electron chi connectivity index (χ4n) is 3.33. The van der Waals surface area contributed by atoms with Crippen molar-refractivity contribution in [3.8, 4) is 0 Å². The number of amides is 1. The van der Waals surface area contributed by atoms with E-state index in [0.29, 0.717) is 26.1 Å². The van der Waals surface area contributed by atoms with Crippen molar-refractivity contribution in [1.29, 1.82) is 0 Å². The second kappa shape index (κ2) is 7.46. The molecule has 1 fully saturated rings. The second-order valence-corrected chi connectivity index (χ2v) is 6.42. The highest BCUT2D eigenvalue weighted by Gasteiger charge is 2.25. The molecule has 1 aliphatic rings. The number of aryl methyl sites for hydroxylation is 1. The number of H-pyrrole nitrogens is 1. The van der Waals surface area contributed by atoms with Crippen LogP contribution in [0.4, 0.5) is 0 Å². The molecule has 1 atom stereocenters. The van der Waals surface area contributed by atoms with Gasteiger partial charge in [-0.2, -0.15) is 0 Å². The summed E-state index contributed by atoms with van der Waals surface area (Å²) in [5.74, 6) is 0.117. The van der Waals surface area contributed by atoms with Gasteiger partial charge in [0, 0.05) is 49.8 Å². The quantitative estimate of drug-likeness (QED) is 0.899. The summed E-state index contributed by atoms with van der Waals surface area (Å²) in [5, 5.41) is 0. The summed E-state index contributed by atoms with van der Waals surface area (Å²) in [5.41, 5.74) is 1.32. The van der Waals surface area contributed by atoms with Crippen molar-refractivity contribution in [3.63, 3.8) is 0 Å². The Morgan fingerprint density at radius 3 is 2.96 bits per heavy atom. The molecule has 132 valence electrons. The second-order valence-electron chi connectivity index (χ2n) is 6.42. The molecule has 2 aromatic heterocycles. The van der Waals surface area contributed by atoms with Crippen molar-refractivity contribution >= 4 is 5.91 Å². The minimum Gasteiger partial charge on any atom is -0.342 e. The first-order valence-electron chi connectivity index (χ1n) is 8.53. The van der Waals surface area contributed by atoms with Gasteiger partial charge >= 0.3 is 0 Å². The molecule has 0 saturated carbocycles. The zero-order valence-electron chi connectivity index (χ0n) is 14.3. The average Bonchev–Trinajstić information content (AvgIpc) is 2.61. The Morgan fingerprint density at radius 2 is 2.20 bits per heavy atom. The molecule has 25 heavy (non-hydrogen) atoms. The molecule has 3 heterocycles. The highest BCUT2D eigenvalue weighted by Crippen LogP contribution is 2.25. The number of aromatic nitrogens is 3. The number of pyridine rings is 1. The van der Waals surface area contributed by atoms with Crippen molar-refractivity contribution in [1.82, 2.24) is 19.4 Å². The fourth-order valence-corrected chi connectivity index (χ4v) is 3.33. The predicted molar refractivity (Wildman–Crippen MR) is 93.5 cm³/mol. The number of carbonyl (C=O) groups is 1. The van der Waals surface area contributed by atoms with Gasteiger partial charge in [0.25, 0.3) is 11.1 Å². The lowest BCUT2D eigenvalue weighted by molar-refractivity contribution is -0.132. The molecule has 0 spiro atoms. The van der Waals surface area contributed by atoms with Crippen molar-refractivity contribution in [3.05, 3.63) is 62.7 Å². The van der Waals surface area contributed by atoms with Gasteiger partial charge in [0.15, 0.2) is 0 Å². The summed E-state index contributed by atoms with van der Waals surface area (Å²) < 4.78 is 1.62. The van der Waals surface area contributed by atoms with Gasteiger partial charge in [0.1, 0.15) is 0 Å². The highest BCUT2D eigenvalue weighted by atomic mass is 16.2. The third-order valence-electron chi connectivity index (χ3n) is 4.71. The summed E-state index contributed by atoms with van der Waals surface area (Å²) in [6.07, 6.45) is 3.50. The SMILES string of the molecule is Cc1cccc(=O)n1CCC(=O)N1CCCC(c2cc(=O)[nH]cn2)C1. The maximum atomic E-state index is 12.6. The van der Waals surface area contributed by atoms with Gasteiger partial charge in [-0.3, -0.25) is 14.4 Å². The molecule has 7 nitrogen and oxygen atoms in total. The normalized spacial score (nSPS) is 17.5. The van der Waals surface area contributed by atoms with Crippen LogP contribution in [-0.4, -0.2) is 38.4 Å². The van der Waals surface area contributed by atoms with E-state index >= 15 is 0 Å². The number of aromatic amines is 1. The van der Waals surface area contributed by atoms with Gasteiger partial charge in [0.05, 0.1) is 12.0 Å². The van der Waals surface area contributed by atoms with E-state index in [9.17, 15) is 14.4 Å². The van der Waals surface area contributed by atoms with Crippen LogP contribution in [0, 0.1) is 6.92 Å². The van der Waals surface area contributed by atoms with Crippen LogP contribution in [0.25, 0.3) is 0 Å². The van der Waals surface area contributed by atoms with E-state index in [1.807, 2.05) is 17.9 Å². The minimum atomic E-state index is -0.174. The van der Waals surface area contributed by atoms with Crippen LogP contribution in [-0.2, 0) is 11.3 Å². The maximum absolute atomic E-state index is 12.6. The molecule has 0 radical (unpaired) electrons. The van der Waals surface area contributed by atoms with Crippen molar-refractivity contribution in [2.45, 2.75) is 38.6 Å². The van der Waals surface area contributed by atoms with Crippen LogP contribution in [0.3, 0.4) is 0 Å². The molecule has 1 unspecified atom stereocenters. The lowest BCUT2D eigenvalue weighted by Gasteiger charge is -2.32. The third-order valence-corrected chi connectivity index (χ3v) is 4.71. The van der Waals surface area contributed by atoms with E-state index in [4.69, 9.17) is 0 Å². The number of rotatable bonds is 4. The van der Waals surface area contributed by atoms with Gasteiger partial charge < -0.3 is 14.5 Å². The number of carbonyl (C=O) groups excluding carboxylic acids is 1.